The van der Waals surface area contributed by atoms with Crippen LogP contribution in [0.15, 0.2) is 30.7 Å². The topological polar surface area (TPSA) is 43.6 Å². The van der Waals surface area contributed by atoms with Crippen molar-refractivity contribution in [3.05, 3.63) is 30.7 Å². The molecule has 2 aromatic rings. The van der Waals surface area contributed by atoms with E-state index in [9.17, 15) is 0 Å². The summed E-state index contributed by atoms with van der Waals surface area (Å²) in [5, 5.41) is 8.18. The first kappa shape index (κ1) is 9.83. The van der Waals surface area contributed by atoms with Crippen LogP contribution in [0.2, 0.25) is 0 Å². The van der Waals surface area contributed by atoms with E-state index >= 15 is 0 Å². The summed E-state index contributed by atoms with van der Waals surface area (Å²) < 4.78 is 1.87. The van der Waals surface area contributed by atoms with Gasteiger partial charge in [0.2, 0.25) is 0 Å². The fraction of sp³-hybridized carbons (Fsp3) is 0.364. The van der Waals surface area contributed by atoms with E-state index in [1.54, 1.807) is 12.4 Å². The smallest absolute Gasteiger partial charge is 0.114 e. The van der Waals surface area contributed by atoms with Crippen molar-refractivity contribution in [2.75, 3.05) is 0 Å². The minimum Gasteiger partial charge on any atom is -0.264 e. The summed E-state index contributed by atoms with van der Waals surface area (Å²) in [6.45, 7) is 5.21. The van der Waals surface area contributed by atoms with Crippen LogP contribution in [0.3, 0.4) is 0 Å². The van der Waals surface area contributed by atoms with E-state index < -0.39 is 0 Å². The fourth-order valence-electron chi connectivity index (χ4n) is 1.41. The molecule has 2 rings (SSSR count). The van der Waals surface area contributed by atoms with Gasteiger partial charge in [0.25, 0.3) is 0 Å². The molecule has 0 saturated heterocycles. The second-order valence-corrected chi connectivity index (χ2v) is 3.96. The van der Waals surface area contributed by atoms with Gasteiger partial charge in [0.1, 0.15) is 5.69 Å². The predicted molar refractivity (Wildman–Crippen MR) is 58.1 cm³/mol. The Labute approximate surface area is 89.0 Å². The number of aromatic nitrogens is 4. The molecule has 2 heterocycles. The second-order valence-electron chi connectivity index (χ2n) is 3.96. The summed E-state index contributed by atoms with van der Waals surface area (Å²) in [4.78, 5) is 4.05. The predicted octanol–water partition coefficient (Wildman–Crippen LogP) is 2.00. The van der Waals surface area contributed by atoms with Crippen LogP contribution in [-0.2, 0) is 6.54 Å². The molecule has 0 aliphatic rings. The lowest BCUT2D eigenvalue weighted by atomic mass is 10.2. The van der Waals surface area contributed by atoms with Crippen molar-refractivity contribution in [1.82, 2.24) is 20.0 Å². The Morgan fingerprint density at radius 1 is 1.40 bits per heavy atom. The maximum atomic E-state index is 4.11. The third-order valence-electron chi connectivity index (χ3n) is 2.05. The Morgan fingerprint density at radius 2 is 2.27 bits per heavy atom. The van der Waals surface area contributed by atoms with Gasteiger partial charge in [0.05, 0.1) is 6.20 Å². The van der Waals surface area contributed by atoms with Crippen LogP contribution >= 0.6 is 0 Å². The average molecular weight is 202 g/mol. The summed E-state index contributed by atoms with van der Waals surface area (Å²) in [7, 11) is 0. The molecule has 0 aromatic carbocycles. The third kappa shape index (κ3) is 2.40. The molecule has 0 aliphatic heterocycles. The van der Waals surface area contributed by atoms with Gasteiger partial charge in [0, 0.05) is 24.5 Å². The van der Waals surface area contributed by atoms with Crippen LogP contribution < -0.4 is 0 Å². The Morgan fingerprint density at radius 3 is 2.93 bits per heavy atom. The maximum Gasteiger partial charge on any atom is 0.114 e. The Balaban J connectivity index is 2.21. The van der Waals surface area contributed by atoms with Gasteiger partial charge < -0.3 is 0 Å². The van der Waals surface area contributed by atoms with Gasteiger partial charge >= 0.3 is 0 Å². The van der Waals surface area contributed by atoms with E-state index in [0.29, 0.717) is 5.92 Å². The zero-order chi connectivity index (χ0) is 10.7. The highest BCUT2D eigenvalue weighted by atomic mass is 15.4. The lowest BCUT2D eigenvalue weighted by Crippen LogP contribution is -2.04. The molecule has 0 radical (unpaired) electrons. The van der Waals surface area contributed by atoms with E-state index in [4.69, 9.17) is 0 Å². The van der Waals surface area contributed by atoms with Crippen molar-refractivity contribution in [2.45, 2.75) is 20.4 Å². The molecule has 2 aromatic heterocycles. The van der Waals surface area contributed by atoms with Gasteiger partial charge in [0.15, 0.2) is 0 Å². The van der Waals surface area contributed by atoms with Crippen molar-refractivity contribution in [3.63, 3.8) is 0 Å². The van der Waals surface area contributed by atoms with Crippen LogP contribution in [0.25, 0.3) is 11.3 Å². The van der Waals surface area contributed by atoms with Crippen molar-refractivity contribution in [2.24, 2.45) is 5.92 Å². The lowest BCUT2D eigenvalue weighted by Gasteiger charge is -2.01. The molecular formula is C11H14N4. The summed E-state index contributed by atoms with van der Waals surface area (Å²) in [5.74, 6) is 0.577. The lowest BCUT2D eigenvalue weighted by molar-refractivity contribution is 0.472. The highest BCUT2D eigenvalue weighted by Gasteiger charge is 2.04. The molecule has 0 N–H and O–H groups in total. The number of nitrogens with zero attached hydrogens (tertiary/aromatic N) is 4. The summed E-state index contributed by atoms with van der Waals surface area (Å²) >= 11 is 0. The average Bonchev–Trinajstić information content (AvgIpc) is 2.67. The molecule has 4 nitrogen and oxygen atoms in total. The fourth-order valence-corrected chi connectivity index (χ4v) is 1.41. The quantitative estimate of drug-likeness (QED) is 0.764. The van der Waals surface area contributed by atoms with Gasteiger partial charge in [-0.3, -0.25) is 9.67 Å². The first-order valence-electron chi connectivity index (χ1n) is 5.06. The van der Waals surface area contributed by atoms with Gasteiger partial charge in [-0.25, -0.2) is 0 Å². The summed E-state index contributed by atoms with van der Waals surface area (Å²) in [6, 6.07) is 3.88. The number of pyridine rings is 1. The van der Waals surface area contributed by atoms with Crippen molar-refractivity contribution < 1.29 is 0 Å². The van der Waals surface area contributed by atoms with Crippen molar-refractivity contribution in [1.29, 1.82) is 0 Å². The highest BCUT2D eigenvalue weighted by Crippen LogP contribution is 2.13. The summed E-state index contributed by atoms with van der Waals surface area (Å²) in [6.07, 6.45) is 5.50. The van der Waals surface area contributed by atoms with Crippen LogP contribution in [0.1, 0.15) is 13.8 Å². The molecule has 0 atom stereocenters. The SMILES string of the molecule is CC(C)Cn1cc(-c2cccnc2)nn1. The Kier molecular flexibility index (Phi) is 2.76. The van der Waals surface area contributed by atoms with Crippen molar-refractivity contribution >= 4 is 0 Å². The number of hydrogen-bond donors (Lipinski definition) is 0. The van der Waals surface area contributed by atoms with Crippen molar-refractivity contribution in [3.8, 4) is 11.3 Å². The van der Waals surface area contributed by atoms with Gasteiger partial charge in [-0.15, -0.1) is 5.10 Å². The maximum absolute atomic E-state index is 4.11. The Hall–Kier alpha value is -1.71. The first-order chi connectivity index (χ1) is 7.25. The van der Waals surface area contributed by atoms with Crippen LogP contribution in [0, 0.1) is 5.92 Å². The Bertz CT molecular complexity index is 419. The van der Waals surface area contributed by atoms with E-state index in [2.05, 4.69) is 29.1 Å². The first-order valence-corrected chi connectivity index (χ1v) is 5.06. The van der Waals surface area contributed by atoms with E-state index in [1.165, 1.54) is 0 Å². The molecule has 4 heteroatoms. The zero-order valence-electron chi connectivity index (χ0n) is 8.96. The number of hydrogen-bond acceptors (Lipinski definition) is 3. The second kappa shape index (κ2) is 4.21. The van der Waals surface area contributed by atoms with Crippen LogP contribution in [-0.4, -0.2) is 20.0 Å². The third-order valence-corrected chi connectivity index (χ3v) is 2.05. The van der Waals surface area contributed by atoms with E-state index in [1.807, 2.05) is 23.0 Å². The molecule has 0 saturated carbocycles. The van der Waals surface area contributed by atoms with Crippen LogP contribution in [0.5, 0.6) is 0 Å². The van der Waals surface area contributed by atoms with E-state index in [0.717, 1.165) is 17.8 Å². The molecule has 0 aliphatic carbocycles. The van der Waals surface area contributed by atoms with E-state index in [-0.39, 0.29) is 0 Å². The molecule has 0 unspecified atom stereocenters. The minimum atomic E-state index is 0.577. The monoisotopic (exact) mass is 202 g/mol. The van der Waals surface area contributed by atoms with Gasteiger partial charge in [-0.2, -0.15) is 0 Å². The molecule has 15 heavy (non-hydrogen) atoms. The van der Waals surface area contributed by atoms with Crippen LogP contribution in [0.4, 0.5) is 0 Å². The largest absolute Gasteiger partial charge is 0.264 e. The highest BCUT2D eigenvalue weighted by molar-refractivity contribution is 5.55. The summed E-state index contributed by atoms with van der Waals surface area (Å²) in [5.41, 5.74) is 1.89. The standard InChI is InChI=1S/C11H14N4/c1-9(2)7-15-8-11(13-14-15)10-4-3-5-12-6-10/h3-6,8-9H,7H2,1-2H3. The molecule has 0 fully saturated rings. The number of rotatable bonds is 3. The van der Waals surface area contributed by atoms with Gasteiger partial charge in [-0.05, 0) is 18.1 Å². The minimum absolute atomic E-state index is 0.577. The zero-order valence-corrected chi connectivity index (χ0v) is 8.96. The molecular weight excluding hydrogens is 188 g/mol. The molecule has 0 bridgehead atoms. The molecule has 0 amide bonds. The normalized spacial score (nSPS) is 10.9. The van der Waals surface area contributed by atoms with Gasteiger partial charge in [-0.1, -0.05) is 19.1 Å². The molecule has 78 valence electrons. The molecule has 0 spiro atoms.